The number of hydrogen-bond donors (Lipinski definition) is 1. The van der Waals surface area contributed by atoms with E-state index in [0.29, 0.717) is 6.04 Å². The van der Waals surface area contributed by atoms with E-state index in [1.165, 1.54) is 12.0 Å². The first-order valence-electron chi connectivity index (χ1n) is 5.73. The van der Waals surface area contributed by atoms with Crippen LogP contribution in [0.1, 0.15) is 31.2 Å². The van der Waals surface area contributed by atoms with Gasteiger partial charge in [-0.05, 0) is 24.3 Å². The summed E-state index contributed by atoms with van der Waals surface area (Å²) in [6.07, 6.45) is 2.43. The lowest BCUT2D eigenvalue weighted by molar-refractivity contribution is 0.724. The Morgan fingerprint density at radius 1 is 1.40 bits per heavy atom. The highest BCUT2D eigenvalue weighted by Crippen LogP contribution is 2.49. The summed E-state index contributed by atoms with van der Waals surface area (Å²) in [4.78, 5) is 0. The molecule has 2 N–H and O–H groups in total. The molecule has 3 atom stereocenters. The number of thioether (sulfide) groups is 1. The Hall–Kier alpha value is -0.470. The van der Waals surface area contributed by atoms with Gasteiger partial charge in [0, 0.05) is 17.0 Å². The molecule has 2 heteroatoms. The molecule has 2 rings (SSSR count). The van der Waals surface area contributed by atoms with Crippen LogP contribution in [0.2, 0.25) is 0 Å². The first kappa shape index (κ1) is 11.0. The maximum atomic E-state index is 5.91. The molecule has 1 aromatic rings. The van der Waals surface area contributed by atoms with Crippen molar-refractivity contribution in [2.75, 3.05) is 5.75 Å². The fourth-order valence-corrected chi connectivity index (χ4v) is 3.23. The van der Waals surface area contributed by atoms with Crippen molar-refractivity contribution < 1.29 is 0 Å². The van der Waals surface area contributed by atoms with Crippen LogP contribution in [0.15, 0.2) is 30.3 Å². The third-order valence-corrected chi connectivity index (χ3v) is 4.58. The van der Waals surface area contributed by atoms with Crippen molar-refractivity contribution in [1.82, 2.24) is 0 Å². The van der Waals surface area contributed by atoms with Crippen LogP contribution in [0.4, 0.5) is 0 Å². The van der Waals surface area contributed by atoms with Crippen LogP contribution in [0.3, 0.4) is 0 Å². The lowest BCUT2D eigenvalue weighted by Crippen LogP contribution is -2.21. The zero-order valence-corrected chi connectivity index (χ0v) is 10.0. The third kappa shape index (κ3) is 2.99. The molecule has 82 valence electrons. The van der Waals surface area contributed by atoms with Crippen LogP contribution < -0.4 is 5.73 Å². The summed E-state index contributed by atoms with van der Waals surface area (Å²) in [6.45, 7) is 2.16. The molecule has 0 radical (unpaired) electrons. The van der Waals surface area contributed by atoms with Crippen molar-refractivity contribution in [2.45, 2.75) is 37.0 Å². The molecule has 3 unspecified atom stereocenters. The van der Waals surface area contributed by atoms with E-state index in [1.54, 1.807) is 0 Å². The monoisotopic (exact) mass is 221 g/mol. The molecule has 1 aliphatic rings. The van der Waals surface area contributed by atoms with Gasteiger partial charge in [0.05, 0.1) is 0 Å². The second kappa shape index (κ2) is 5.04. The number of rotatable bonds is 5. The summed E-state index contributed by atoms with van der Waals surface area (Å²) < 4.78 is 0. The van der Waals surface area contributed by atoms with E-state index >= 15 is 0 Å². The minimum atomic E-state index is 0.382. The van der Waals surface area contributed by atoms with E-state index in [-0.39, 0.29) is 0 Å². The molecule has 0 amide bonds. The molecule has 1 aromatic carbocycles. The SMILES string of the molecule is CCC(N)CSC1CC1c1ccccc1. The van der Waals surface area contributed by atoms with E-state index in [9.17, 15) is 0 Å². The summed E-state index contributed by atoms with van der Waals surface area (Å²) >= 11 is 2.05. The fourth-order valence-electron chi connectivity index (χ4n) is 1.77. The molecule has 0 aromatic heterocycles. The summed E-state index contributed by atoms with van der Waals surface area (Å²) in [5.74, 6) is 1.91. The van der Waals surface area contributed by atoms with Gasteiger partial charge in [0.2, 0.25) is 0 Å². The Morgan fingerprint density at radius 3 is 2.80 bits per heavy atom. The predicted octanol–water partition coefficient (Wildman–Crippen LogP) is 3.01. The summed E-state index contributed by atoms with van der Waals surface area (Å²) in [5, 5.41) is 0.824. The standard InChI is InChI=1S/C13H19NS/c1-2-11(14)9-15-13-8-12(13)10-6-4-3-5-7-10/h3-7,11-13H,2,8-9,14H2,1H3. The first-order valence-corrected chi connectivity index (χ1v) is 6.78. The van der Waals surface area contributed by atoms with Gasteiger partial charge >= 0.3 is 0 Å². The van der Waals surface area contributed by atoms with Crippen molar-refractivity contribution >= 4 is 11.8 Å². The van der Waals surface area contributed by atoms with Crippen LogP contribution >= 0.6 is 11.8 Å². The van der Waals surface area contributed by atoms with Crippen LogP contribution in [0.5, 0.6) is 0 Å². The second-order valence-electron chi connectivity index (χ2n) is 4.29. The van der Waals surface area contributed by atoms with Crippen molar-refractivity contribution in [3.05, 3.63) is 35.9 Å². The van der Waals surface area contributed by atoms with Gasteiger partial charge in [-0.3, -0.25) is 0 Å². The van der Waals surface area contributed by atoms with E-state index in [2.05, 4.69) is 49.0 Å². The topological polar surface area (TPSA) is 26.0 Å². The van der Waals surface area contributed by atoms with Crippen molar-refractivity contribution in [3.8, 4) is 0 Å². The Balaban J connectivity index is 1.77. The van der Waals surface area contributed by atoms with Gasteiger partial charge in [0.25, 0.3) is 0 Å². The lowest BCUT2D eigenvalue weighted by Gasteiger charge is -2.07. The maximum absolute atomic E-state index is 5.91. The van der Waals surface area contributed by atoms with Gasteiger partial charge in [-0.25, -0.2) is 0 Å². The van der Waals surface area contributed by atoms with Crippen molar-refractivity contribution in [1.29, 1.82) is 0 Å². The molecular formula is C13H19NS. The lowest BCUT2D eigenvalue weighted by atomic mass is 10.1. The molecule has 0 heterocycles. The largest absolute Gasteiger partial charge is 0.327 e. The summed E-state index contributed by atoms with van der Waals surface area (Å²) in [7, 11) is 0. The highest BCUT2D eigenvalue weighted by Gasteiger charge is 2.38. The van der Waals surface area contributed by atoms with Gasteiger partial charge in [-0.15, -0.1) is 0 Å². The fraction of sp³-hybridized carbons (Fsp3) is 0.538. The van der Waals surface area contributed by atoms with E-state index in [4.69, 9.17) is 5.73 Å². The molecule has 0 spiro atoms. The van der Waals surface area contributed by atoms with Gasteiger partial charge in [0.15, 0.2) is 0 Å². The molecule has 1 fully saturated rings. The number of hydrogen-bond acceptors (Lipinski definition) is 2. The van der Waals surface area contributed by atoms with Crippen LogP contribution in [0, 0.1) is 0 Å². The Labute approximate surface area is 96.4 Å². The molecular weight excluding hydrogens is 202 g/mol. The van der Waals surface area contributed by atoms with Gasteiger partial charge in [-0.2, -0.15) is 11.8 Å². The van der Waals surface area contributed by atoms with Crippen LogP contribution in [-0.4, -0.2) is 17.0 Å². The Kier molecular flexibility index (Phi) is 3.71. The molecule has 1 aliphatic carbocycles. The number of nitrogens with two attached hydrogens (primary N) is 1. The van der Waals surface area contributed by atoms with Crippen LogP contribution in [0.25, 0.3) is 0 Å². The molecule has 1 nitrogen and oxygen atoms in total. The molecule has 1 saturated carbocycles. The van der Waals surface area contributed by atoms with Gasteiger partial charge in [-0.1, -0.05) is 37.3 Å². The predicted molar refractivity (Wildman–Crippen MR) is 68.3 cm³/mol. The average molecular weight is 221 g/mol. The first-order chi connectivity index (χ1) is 7.31. The van der Waals surface area contributed by atoms with Gasteiger partial charge in [0.1, 0.15) is 0 Å². The van der Waals surface area contributed by atoms with Crippen LogP contribution in [-0.2, 0) is 0 Å². The zero-order valence-electron chi connectivity index (χ0n) is 9.23. The summed E-state index contributed by atoms with van der Waals surface area (Å²) in [6, 6.07) is 11.2. The van der Waals surface area contributed by atoms with Crippen molar-refractivity contribution in [2.24, 2.45) is 5.73 Å². The highest BCUT2D eigenvalue weighted by atomic mass is 32.2. The Bertz CT molecular complexity index is 299. The number of benzene rings is 1. The Morgan fingerprint density at radius 2 is 2.13 bits per heavy atom. The quantitative estimate of drug-likeness (QED) is 0.827. The molecule has 0 aliphatic heterocycles. The highest BCUT2D eigenvalue weighted by molar-refractivity contribution is 8.00. The van der Waals surface area contributed by atoms with E-state index in [0.717, 1.165) is 23.3 Å². The van der Waals surface area contributed by atoms with E-state index < -0.39 is 0 Å². The average Bonchev–Trinajstić information content (AvgIpc) is 3.06. The second-order valence-corrected chi connectivity index (χ2v) is 5.57. The minimum Gasteiger partial charge on any atom is -0.327 e. The van der Waals surface area contributed by atoms with Crippen molar-refractivity contribution in [3.63, 3.8) is 0 Å². The normalized spacial score (nSPS) is 26.3. The summed E-state index contributed by atoms with van der Waals surface area (Å²) in [5.41, 5.74) is 7.41. The smallest absolute Gasteiger partial charge is 0.0127 e. The maximum Gasteiger partial charge on any atom is 0.0127 e. The molecule has 0 saturated heterocycles. The molecule has 0 bridgehead atoms. The third-order valence-electron chi connectivity index (χ3n) is 3.01. The van der Waals surface area contributed by atoms with Gasteiger partial charge < -0.3 is 5.73 Å². The minimum absolute atomic E-state index is 0.382. The van der Waals surface area contributed by atoms with E-state index in [1.807, 2.05) is 0 Å². The molecule has 15 heavy (non-hydrogen) atoms. The zero-order chi connectivity index (χ0) is 10.7.